The van der Waals surface area contributed by atoms with Gasteiger partial charge >= 0.3 is 5.97 Å². The van der Waals surface area contributed by atoms with Crippen LogP contribution < -0.4 is 0 Å². The first-order chi connectivity index (χ1) is 6.27. The molecule has 0 amide bonds. The predicted molar refractivity (Wildman–Crippen MR) is 49.8 cm³/mol. The van der Waals surface area contributed by atoms with E-state index in [2.05, 4.69) is 12.1 Å². The number of hydrogen-bond acceptors (Lipinski definition) is 1. The van der Waals surface area contributed by atoms with E-state index in [-0.39, 0.29) is 12.3 Å². The van der Waals surface area contributed by atoms with E-state index >= 15 is 0 Å². The molecule has 13 heavy (non-hydrogen) atoms. The van der Waals surface area contributed by atoms with Crippen molar-refractivity contribution >= 4 is 5.97 Å². The molecule has 68 valence electrons. The fourth-order valence-corrected chi connectivity index (χ4v) is 2.07. The van der Waals surface area contributed by atoms with Crippen LogP contribution in [-0.4, -0.2) is 11.1 Å². The Hall–Kier alpha value is -1.31. The highest BCUT2D eigenvalue weighted by Gasteiger charge is 2.23. The van der Waals surface area contributed by atoms with Gasteiger partial charge in [-0.1, -0.05) is 24.3 Å². The second-order valence-corrected chi connectivity index (χ2v) is 3.53. The summed E-state index contributed by atoms with van der Waals surface area (Å²) in [5, 5.41) is 8.70. The van der Waals surface area contributed by atoms with Crippen molar-refractivity contribution < 1.29 is 9.90 Å². The van der Waals surface area contributed by atoms with E-state index in [1.165, 1.54) is 11.1 Å². The molecular formula is C11H12O2. The molecule has 0 aromatic heterocycles. The topological polar surface area (TPSA) is 37.3 Å². The molecule has 0 unspecified atom stereocenters. The van der Waals surface area contributed by atoms with Gasteiger partial charge in [0.25, 0.3) is 0 Å². The first kappa shape index (κ1) is 8.30. The molecule has 1 aliphatic rings. The van der Waals surface area contributed by atoms with Gasteiger partial charge in [-0.25, -0.2) is 0 Å². The quantitative estimate of drug-likeness (QED) is 0.750. The van der Waals surface area contributed by atoms with Crippen LogP contribution in [0.1, 0.15) is 29.9 Å². The van der Waals surface area contributed by atoms with Crippen LogP contribution >= 0.6 is 0 Å². The van der Waals surface area contributed by atoms with E-state index in [0.717, 1.165) is 12.8 Å². The molecular weight excluding hydrogens is 164 g/mol. The molecule has 0 radical (unpaired) electrons. The largest absolute Gasteiger partial charge is 0.481 e. The Morgan fingerprint density at radius 3 is 3.00 bits per heavy atom. The van der Waals surface area contributed by atoms with Crippen LogP contribution in [-0.2, 0) is 11.2 Å². The molecule has 1 aromatic carbocycles. The Bertz CT molecular complexity index is 331. The SMILES string of the molecule is O=C(O)C[C@@H]1CCc2ccccc21. The van der Waals surface area contributed by atoms with Crippen molar-refractivity contribution in [1.82, 2.24) is 0 Å². The van der Waals surface area contributed by atoms with Crippen molar-refractivity contribution in [1.29, 1.82) is 0 Å². The van der Waals surface area contributed by atoms with Crippen molar-refractivity contribution in [2.75, 3.05) is 0 Å². The highest BCUT2D eigenvalue weighted by Crippen LogP contribution is 2.34. The highest BCUT2D eigenvalue weighted by atomic mass is 16.4. The minimum absolute atomic E-state index is 0.244. The summed E-state index contributed by atoms with van der Waals surface area (Å²) in [6.07, 6.45) is 2.30. The van der Waals surface area contributed by atoms with E-state index < -0.39 is 5.97 Å². The van der Waals surface area contributed by atoms with Gasteiger partial charge in [-0.2, -0.15) is 0 Å². The lowest BCUT2D eigenvalue weighted by Crippen LogP contribution is -2.02. The van der Waals surface area contributed by atoms with Crippen LogP contribution in [0.3, 0.4) is 0 Å². The number of aliphatic carboxylic acids is 1. The highest BCUT2D eigenvalue weighted by molar-refractivity contribution is 5.68. The van der Waals surface area contributed by atoms with Gasteiger partial charge in [0.1, 0.15) is 0 Å². The lowest BCUT2D eigenvalue weighted by atomic mass is 9.98. The van der Waals surface area contributed by atoms with Crippen LogP contribution in [0.4, 0.5) is 0 Å². The van der Waals surface area contributed by atoms with Gasteiger partial charge in [-0.15, -0.1) is 0 Å². The standard InChI is InChI=1S/C11H12O2/c12-11(13)7-9-6-5-8-3-1-2-4-10(8)9/h1-4,9H,5-7H2,(H,12,13)/t9-/m0/s1. The van der Waals surface area contributed by atoms with E-state index in [0.29, 0.717) is 0 Å². The van der Waals surface area contributed by atoms with Gasteiger partial charge in [0.15, 0.2) is 0 Å². The van der Waals surface area contributed by atoms with Crippen LogP contribution in [0.5, 0.6) is 0 Å². The molecule has 0 aliphatic heterocycles. The first-order valence-electron chi connectivity index (χ1n) is 4.57. The lowest BCUT2D eigenvalue weighted by molar-refractivity contribution is -0.137. The predicted octanol–water partition coefficient (Wildman–Crippen LogP) is 2.19. The summed E-state index contributed by atoms with van der Waals surface area (Å²) >= 11 is 0. The fraction of sp³-hybridized carbons (Fsp3) is 0.364. The van der Waals surface area contributed by atoms with Crippen LogP contribution in [0.25, 0.3) is 0 Å². The van der Waals surface area contributed by atoms with Crippen molar-refractivity contribution in [3.63, 3.8) is 0 Å². The summed E-state index contributed by atoms with van der Waals surface area (Å²) in [5.41, 5.74) is 2.57. The van der Waals surface area contributed by atoms with E-state index in [9.17, 15) is 4.79 Å². The zero-order valence-corrected chi connectivity index (χ0v) is 7.36. The molecule has 1 N–H and O–H groups in total. The van der Waals surface area contributed by atoms with E-state index in [4.69, 9.17) is 5.11 Å². The summed E-state index contributed by atoms with van der Waals surface area (Å²) in [7, 11) is 0. The second kappa shape index (κ2) is 3.21. The number of carboxylic acid groups (broad SMARTS) is 1. The summed E-state index contributed by atoms with van der Waals surface area (Å²) in [5.74, 6) is -0.449. The monoisotopic (exact) mass is 176 g/mol. The number of carboxylic acids is 1. The maximum absolute atomic E-state index is 10.6. The summed E-state index contributed by atoms with van der Waals surface area (Å²) in [6.45, 7) is 0. The third-order valence-corrected chi connectivity index (χ3v) is 2.68. The van der Waals surface area contributed by atoms with Gasteiger partial charge in [-0.05, 0) is 29.9 Å². The Kier molecular flexibility index (Phi) is 2.05. The lowest BCUT2D eigenvalue weighted by Gasteiger charge is -2.07. The Morgan fingerprint density at radius 2 is 2.23 bits per heavy atom. The van der Waals surface area contributed by atoms with Gasteiger partial charge < -0.3 is 5.11 Å². The summed E-state index contributed by atoms with van der Waals surface area (Å²) in [4.78, 5) is 10.6. The third-order valence-electron chi connectivity index (χ3n) is 2.68. The molecule has 2 nitrogen and oxygen atoms in total. The number of rotatable bonds is 2. The molecule has 2 heteroatoms. The van der Waals surface area contributed by atoms with Crippen molar-refractivity contribution in [3.8, 4) is 0 Å². The van der Waals surface area contributed by atoms with E-state index in [1.54, 1.807) is 0 Å². The number of aryl methyl sites for hydroxylation is 1. The van der Waals surface area contributed by atoms with Crippen LogP contribution in [0.2, 0.25) is 0 Å². The first-order valence-corrected chi connectivity index (χ1v) is 4.57. The smallest absolute Gasteiger partial charge is 0.303 e. The van der Waals surface area contributed by atoms with Gasteiger partial charge in [0, 0.05) is 0 Å². The molecule has 1 aliphatic carbocycles. The zero-order chi connectivity index (χ0) is 9.26. The molecule has 1 aromatic rings. The Labute approximate surface area is 77.2 Å². The van der Waals surface area contributed by atoms with Crippen molar-refractivity contribution in [2.45, 2.75) is 25.2 Å². The number of benzene rings is 1. The number of carbonyl (C=O) groups is 1. The fourth-order valence-electron chi connectivity index (χ4n) is 2.07. The Morgan fingerprint density at radius 1 is 1.46 bits per heavy atom. The maximum atomic E-state index is 10.6. The average Bonchev–Trinajstić information content (AvgIpc) is 2.48. The molecule has 0 saturated heterocycles. The third kappa shape index (κ3) is 1.57. The molecule has 2 rings (SSSR count). The van der Waals surface area contributed by atoms with Crippen LogP contribution in [0, 0.1) is 0 Å². The number of fused-ring (bicyclic) bond motifs is 1. The average molecular weight is 176 g/mol. The molecule has 0 spiro atoms. The molecule has 0 heterocycles. The van der Waals surface area contributed by atoms with E-state index in [1.807, 2.05) is 12.1 Å². The maximum Gasteiger partial charge on any atom is 0.303 e. The Balaban J connectivity index is 2.23. The van der Waals surface area contributed by atoms with Gasteiger partial charge in [0.05, 0.1) is 6.42 Å². The number of hydrogen-bond donors (Lipinski definition) is 1. The van der Waals surface area contributed by atoms with Gasteiger partial charge in [0.2, 0.25) is 0 Å². The summed E-state index contributed by atoms with van der Waals surface area (Å²) < 4.78 is 0. The second-order valence-electron chi connectivity index (χ2n) is 3.53. The normalized spacial score (nSPS) is 19.8. The van der Waals surface area contributed by atoms with Gasteiger partial charge in [-0.3, -0.25) is 4.79 Å². The minimum atomic E-state index is -0.693. The zero-order valence-electron chi connectivity index (χ0n) is 7.36. The molecule has 0 fully saturated rings. The minimum Gasteiger partial charge on any atom is -0.481 e. The summed E-state index contributed by atoms with van der Waals surface area (Å²) in [6, 6.07) is 8.15. The van der Waals surface area contributed by atoms with Crippen LogP contribution in [0.15, 0.2) is 24.3 Å². The molecule has 0 bridgehead atoms. The molecule has 1 atom stereocenters. The van der Waals surface area contributed by atoms with Crippen molar-refractivity contribution in [3.05, 3.63) is 35.4 Å². The molecule has 0 saturated carbocycles. The van der Waals surface area contributed by atoms with Crippen molar-refractivity contribution in [2.24, 2.45) is 0 Å².